The molecule has 1 aromatic heterocycles. The van der Waals surface area contributed by atoms with Crippen LogP contribution in [0.15, 0.2) is 42.6 Å². The number of H-pyrrole nitrogens is 1. The Morgan fingerprint density at radius 2 is 1.78 bits per heavy atom. The highest BCUT2D eigenvalue weighted by Crippen LogP contribution is 2.43. The molecule has 0 spiro atoms. The number of hydrogen-bond acceptors (Lipinski definition) is 1. The molecule has 0 aliphatic carbocycles. The molecule has 0 bridgehead atoms. The number of hydrogen-bond donors (Lipinski definition) is 2. The minimum Gasteiger partial charge on any atom is -0.371 e. The van der Waals surface area contributed by atoms with Crippen molar-refractivity contribution in [3.8, 4) is 0 Å². The minimum atomic E-state index is -4.97. The molecule has 2 aromatic rings. The Labute approximate surface area is 99.9 Å². The molecule has 1 heterocycles. The number of rotatable bonds is 2. The highest BCUT2D eigenvalue weighted by atomic mass is 19.4. The van der Waals surface area contributed by atoms with Crippen LogP contribution in [0.1, 0.15) is 11.3 Å². The van der Waals surface area contributed by atoms with Crippen molar-refractivity contribution in [3.63, 3.8) is 0 Å². The lowest BCUT2D eigenvalue weighted by Gasteiger charge is -2.30. The third-order valence-corrected chi connectivity index (χ3v) is 2.64. The largest absolute Gasteiger partial charge is 0.427 e. The third kappa shape index (κ3) is 1.88. The van der Waals surface area contributed by atoms with Crippen LogP contribution >= 0.6 is 0 Å². The molecule has 0 aliphatic rings. The Kier molecular flexibility index (Phi) is 2.90. The van der Waals surface area contributed by atoms with Gasteiger partial charge in [0.1, 0.15) is 5.82 Å². The first kappa shape index (κ1) is 12.6. The van der Waals surface area contributed by atoms with Crippen molar-refractivity contribution in [2.75, 3.05) is 0 Å². The molecule has 0 unspecified atom stereocenters. The van der Waals surface area contributed by atoms with Gasteiger partial charge in [-0.15, -0.1) is 0 Å². The van der Waals surface area contributed by atoms with Crippen LogP contribution in [0, 0.1) is 5.82 Å². The summed E-state index contributed by atoms with van der Waals surface area (Å²) in [6.07, 6.45) is -3.71. The molecule has 0 fully saturated rings. The molecule has 1 atom stereocenters. The summed E-state index contributed by atoms with van der Waals surface area (Å²) in [6.45, 7) is 0. The summed E-state index contributed by atoms with van der Waals surface area (Å²) in [5, 5.41) is 9.98. The van der Waals surface area contributed by atoms with Crippen LogP contribution in [0.2, 0.25) is 0 Å². The monoisotopic (exact) mass is 259 g/mol. The quantitative estimate of drug-likeness (QED) is 0.799. The summed E-state index contributed by atoms with van der Waals surface area (Å²) in [4.78, 5) is 2.31. The zero-order valence-electron chi connectivity index (χ0n) is 9.00. The van der Waals surface area contributed by atoms with Crippen molar-refractivity contribution in [2.45, 2.75) is 11.8 Å². The van der Waals surface area contributed by atoms with Crippen molar-refractivity contribution in [3.05, 3.63) is 59.7 Å². The smallest absolute Gasteiger partial charge is 0.371 e. The number of aromatic nitrogens is 1. The molecule has 0 aliphatic heterocycles. The maximum absolute atomic E-state index is 13.1. The van der Waals surface area contributed by atoms with Crippen LogP contribution in [0.5, 0.6) is 0 Å². The van der Waals surface area contributed by atoms with Gasteiger partial charge in [-0.3, -0.25) is 0 Å². The normalized spacial score (nSPS) is 15.4. The summed E-state index contributed by atoms with van der Waals surface area (Å²) in [6, 6.07) is 6.23. The third-order valence-electron chi connectivity index (χ3n) is 2.64. The molecule has 2 nitrogen and oxygen atoms in total. The highest BCUT2D eigenvalue weighted by Gasteiger charge is 2.57. The fraction of sp³-hybridized carbons (Fsp3) is 0.167. The highest BCUT2D eigenvalue weighted by molar-refractivity contribution is 5.34. The lowest BCUT2D eigenvalue weighted by atomic mass is 9.89. The molecule has 2 N–H and O–H groups in total. The minimum absolute atomic E-state index is 0.458. The Balaban J connectivity index is 2.64. The average Bonchev–Trinajstić information content (AvgIpc) is 2.80. The maximum Gasteiger partial charge on any atom is 0.427 e. The number of alkyl halides is 3. The second-order valence-electron chi connectivity index (χ2n) is 3.80. The van der Waals surface area contributed by atoms with Gasteiger partial charge in [0, 0.05) is 11.8 Å². The molecular formula is C12H9F4NO. The van der Waals surface area contributed by atoms with E-state index in [-0.39, 0.29) is 0 Å². The van der Waals surface area contributed by atoms with E-state index >= 15 is 0 Å². The van der Waals surface area contributed by atoms with E-state index in [1.165, 1.54) is 12.3 Å². The predicted octanol–water partition coefficient (Wildman–Crippen LogP) is 2.95. The molecule has 18 heavy (non-hydrogen) atoms. The van der Waals surface area contributed by atoms with Crippen LogP contribution in [-0.2, 0) is 5.60 Å². The molecule has 1 aromatic carbocycles. The van der Waals surface area contributed by atoms with Gasteiger partial charge in [-0.05, 0) is 24.3 Å². The van der Waals surface area contributed by atoms with Gasteiger partial charge in [-0.1, -0.05) is 12.1 Å². The summed E-state index contributed by atoms with van der Waals surface area (Å²) in [5.74, 6) is -0.846. The van der Waals surface area contributed by atoms with E-state index in [9.17, 15) is 22.7 Å². The molecule has 96 valence electrons. The van der Waals surface area contributed by atoms with Gasteiger partial charge in [0.05, 0.1) is 5.69 Å². The van der Waals surface area contributed by atoms with E-state index in [4.69, 9.17) is 0 Å². The topological polar surface area (TPSA) is 36.0 Å². The van der Waals surface area contributed by atoms with E-state index in [1.807, 2.05) is 0 Å². The first-order chi connectivity index (χ1) is 8.35. The van der Waals surface area contributed by atoms with E-state index in [1.54, 1.807) is 0 Å². The zero-order valence-corrected chi connectivity index (χ0v) is 9.00. The standard InChI is InChI=1S/C12H9F4NO/c13-9-4-1-3-8(7-9)11(18,12(14,15)16)10-5-2-6-17-10/h1-7,17-18H/t11-/m1/s1. The van der Waals surface area contributed by atoms with Crippen molar-refractivity contribution in [2.24, 2.45) is 0 Å². The molecule has 0 amide bonds. The first-order valence-corrected chi connectivity index (χ1v) is 5.04. The number of aliphatic hydroxyl groups is 1. The first-order valence-electron chi connectivity index (χ1n) is 5.04. The predicted molar refractivity (Wildman–Crippen MR) is 56.2 cm³/mol. The summed E-state index contributed by atoms with van der Waals surface area (Å²) in [5.41, 5.74) is -4.28. The van der Waals surface area contributed by atoms with E-state index in [2.05, 4.69) is 4.98 Å². The van der Waals surface area contributed by atoms with E-state index in [0.29, 0.717) is 6.07 Å². The lowest BCUT2D eigenvalue weighted by Crippen LogP contribution is -2.43. The molecule has 6 heteroatoms. The van der Waals surface area contributed by atoms with E-state index < -0.39 is 28.9 Å². The fourth-order valence-electron chi connectivity index (χ4n) is 1.74. The van der Waals surface area contributed by atoms with Gasteiger partial charge < -0.3 is 10.1 Å². The zero-order chi connectivity index (χ0) is 13.4. The Hall–Kier alpha value is -1.82. The van der Waals surface area contributed by atoms with Crippen LogP contribution in [-0.4, -0.2) is 16.3 Å². The molecule has 2 rings (SSSR count). The molecule has 0 saturated heterocycles. The Morgan fingerprint density at radius 1 is 1.06 bits per heavy atom. The second-order valence-corrected chi connectivity index (χ2v) is 3.80. The number of aromatic amines is 1. The van der Waals surface area contributed by atoms with Gasteiger partial charge in [-0.25, -0.2) is 4.39 Å². The van der Waals surface area contributed by atoms with Crippen molar-refractivity contribution < 1.29 is 22.7 Å². The summed E-state index contributed by atoms with van der Waals surface area (Å²) in [7, 11) is 0. The lowest BCUT2D eigenvalue weighted by molar-refractivity contribution is -0.249. The van der Waals surface area contributed by atoms with Crippen LogP contribution in [0.25, 0.3) is 0 Å². The average molecular weight is 259 g/mol. The van der Waals surface area contributed by atoms with Crippen molar-refractivity contribution in [1.29, 1.82) is 0 Å². The Bertz CT molecular complexity index is 535. The van der Waals surface area contributed by atoms with Crippen LogP contribution in [0.4, 0.5) is 17.6 Å². The van der Waals surface area contributed by atoms with Gasteiger partial charge >= 0.3 is 6.18 Å². The number of benzene rings is 1. The van der Waals surface area contributed by atoms with Gasteiger partial charge in [0.15, 0.2) is 0 Å². The summed E-state index contributed by atoms with van der Waals surface area (Å²) < 4.78 is 52.3. The molecular weight excluding hydrogens is 250 g/mol. The van der Waals surface area contributed by atoms with Crippen molar-refractivity contribution in [1.82, 2.24) is 4.98 Å². The second kappa shape index (κ2) is 4.13. The van der Waals surface area contributed by atoms with Crippen molar-refractivity contribution >= 4 is 0 Å². The maximum atomic E-state index is 13.1. The van der Waals surface area contributed by atoms with E-state index in [0.717, 1.165) is 24.3 Å². The van der Waals surface area contributed by atoms with Crippen LogP contribution < -0.4 is 0 Å². The fourth-order valence-corrected chi connectivity index (χ4v) is 1.74. The Morgan fingerprint density at radius 3 is 2.28 bits per heavy atom. The number of halogens is 4. The van der Waals surface area contributed by atoms with Crippen LogP contribution in [0.3, 0.4) is 0 Å². The SMILES string of the molecule is O[C@](c1cccc(F)c1)(c1ccc[nH]1)C(F)(F)F. The van der Waals surface area contributed by atoms with Gasteiger partial charge in [0.2, 0.25) is 5.60 Å². The number of nitrogens with one attached hydrogen (secondary N) is 1. The van der Waals surface area contributed by atoms with Gasteiger partial charge in [-0.2, -0.15) is 13.2 Å². The molecule has 0 saturated carbocycles. The van der Waals surface area contributed by atoms with Gasteiger partial charge in [0.25, 0.3) is 0 Å². The summed E-state index contributed by atoms with van der Waals surface area (Å²) >= 11 is 0. The molecule has 0 radical (unpaired) electrons.